The van der Waals surface area contributed by atoms with Crippen LogP contribution in [0.3, 0.4) is 0 Å². The van der Waals surface area contributed by atoms with Gasteiger partial charge in [0.1, 0.15) is 0 Å². The number of carbonyl (C=O) groups is 4. The zero-order chi connectivity index (χ0) is 25.1. The molecule has 8 heteroatoms. The third-order valence-corrected chi connectivity index (χ3v) is 8.20. The molecule has 0 radical (unpaired) electrons. The number of amides is 4. The summed E-state index contributed by atoms with van der Waals surface area (Å²) >= 11 is 0. The van der Waals surface area contributed by atoms with Crippen molar-refractivity contribution >= 4 is 35.0 Å². The average Bonchev–Trinajstić information content (AvgIpc) is 3.33. The Labute approximate surface area is 207 Å². The van der Waals surface area contributed by atoms with Gasteiger partial charge >= 0.3 is 0 Å². The standard InChI is InChI=1S/C28H26N2O6/c31-13-11-15-1-5-17(6-2-15)29-25(33)21-19-9-10-20(22(21)26(29)34)24-23(19)27(35)30(28(24)36)18-7-3-16(4-8-18)12-14-32/h1-10,19-24,31-32H,11-14H2/t19?,20?,21-,22-,23-,24+/m0/s1. The molecular formula is C28H26N2O6. The topological polar surface area (TPSA) is 115 Å². The van der Waals surface area contributed by atoms with Gasteiger partial charge in [0, 0.05) is 25.0 Å². The van der Waals surface area contributed by atoms with Gasteiger partial charge in [-0.3, -0.25) is 29.0 Å². The van der Waals surface area contributed by atoms with Crippen molar-refractivity contribution in [3.05, 3.63) is 71.8 Å². The van der Waals surface area contributed by atoms with Crippen molar-refractivity contribution in [2.75, 3.05) is 23.0 Å². The van der Waals surface area contributed by atoms with Gasteiger partial charge in [0.25, 0.3) is 0 Å². The predicted octanol–water partition coefficient (Wildman–Crippen LogP) is 1.48. The quantitative estimate of drug-likeness (QED) is 0.472. The number of rotatable bonds is 6. The third-order valence-electron chi connectivity index (χ3n) is 8.20. The van der Waals surface area contributed by atoms with E-state index in [9.17, 15) is 19.2 Å². The molecule has 6 atom stereocenters. The lowest BCUT2D eigenvalue weighted by Gasteiger charge is -2.44. The molecule has 4 amide bonds. The summed E-state index contributed by atoms with van der Waals surface area (Å²) in [6, 6.07) is 13.9. The second-order valence-corrected chi connectivity index (χ2v) is 9.95. The van der Waals surface area contributed by atoms with Crippen LogP contribution in [0.25, 0.3) is 0 Å². The van der Waals surface area contributed by atoms with Crippen LogP contribution in [0, 0.1) is 35.5 Å². The largest absolute Gasteiger partial charge is 0.396 e. The van der Waals surface area contributed by atoms with Crippen LogP contribution in [0.1, 0.15) is 11.1 Å². The number of aliphatic hydroxyl groups is 2. The minimum atomic E-state index is -0.672. The van der Waals surface area contributed by atoms with Crippen LogP contribution >= 0.6 is 0 Å². The second-order valence-electron chi connectivity index (χ2n) is 9.95. The Kier molecular flexibility index (Phi) is 5.39. The fourth-order valence-corrected chi connectivity index (χ4v) is 6.62. The Morgan fingerprint density at radius 2 is 0.833 bits per heavy atom. The fourth-order valence-electron chi connectivity index (χ4n) is 6.62. The van der Waals surface area contributed by atoms with E-state index in [4.69, 9.17) is 10.2 Å². The van der Waals surface area contributed by atoms with Gasteiger partial charge in [0.15, 0.2) is 0 Å². The molecule has 3 aliphatic carbocycles. The molecule has 0 aromatic heterocycles. The van der Waals surface area contributed by atoms with Crippen LogP contribution in [-0.4, -0.2) is 47.1 Å². The van der Waals surface area contributed by atoms with E-state index in [1.807, 2.05) is 12.2 Å². The molecule has 7 rings (SSSR count). The molecule has 1 saturated carbocycles. The Balaban J connectivity index is 1.31. The number of benzene rings is 2. The molecule has 2 saturated heterocycles. The zero-order valence-electron chi connectivity index (χ0n) is 19.5. The highest BCUT2D eigenvalue weighted by molar-refractivity contribution is 6.26. The van der Waals surface area contributed by atoms with Crippen LogP contribution in [0.5, 0.6) is 0 Å². The van der Waals surface area contributed by atoms with E-state index in [0.717, 1.165) is 11.1 Å². The van der Waals surface area contributed by atoms with Gasteiger partial charge in [-0.25, -0.2) is 0 Å². The Morgan fingerprint density at radius 1 is 0.528 bits per heavy atom. The first-order valence-corrected chi connectivity index (χ1v) is 12.3. The van der Waals surface area contributed by atoms with Crippen molar-refractivity contribution in [1.82, 2.24) is 0 Å². The highest BCUT2D eigenvalue weighted by atomic mass is 16.3. The summed E-state index contributed by atoms with van der Waals surface area (Å²) in [5, 5.41) is 18.3. The first-order chi connectivity index (χ1) is 17.5. The number of hydrogen-bond acceptors (Lipinski definition) is 6. The van der Waals surface area contributed by atoms with Crippen LogP contribution in [0.15, 0.2) is 60.7 Å². The highest BCUT2D eigenvalue weighted by Gasteiger charge is 2.68. The molecule has 8 nitrogen and oxygen atoms in total. The molecule has 2 aliphatic heterocycles. The third kappa shape index (κ3) is 3.14. The Hall–Kier alpha value is -3.62. The number of aliphatic hydroxyl groups excluding tert-OH is 2. The normalized spacial score (nSPS) is 30.4. The van der Waals surface area contributed by atoms with E-state index in [0.29, 0.717) is 24.2 Å². The molecule has 2 unspecified atom stereocenters. The number of anilines is 2. The van der Waals surface area contributed by atoms with E-state index in [-0.39, 0.29) is 36.8 Å². The summed E-state index contributed by atoms with van der Waals surface area (Å²) in [5.41, 5.74) is 2.73. The van der Waals surface area contributed by atoms with E-state index in [2.05, 4.69) is 0 Å². The summed E-state index contributed by atoms with van der Waals surface area (Å²) < 4.78 is 0. The Morgan fingerprint density at radius 3 is 1.11 bits per heavy atom. The van der Waals surface area contributed by atoms with E-state index in [1.165, 1.54) is 9.80 Å². The van der Waals surface area contributed by atoms with E-state index < -0.39 is 35.5 Å². The van der Waals surface area contributed by atoms with Crippen molar-refractivity contribution in [2.45, 2.75) is 12.8 Å². The average molecular weight is 487 g/mol. The maximum atomic E-state index is 13.6. The molecule has 184 valence electrons. The van der Waals surface area contributed by atoms with Crippen molar-refractivity contribution < 1.29 is 29.4 Å². The maximum absolute atomic E-state index is 13.6. The summed E-state index contributed by atoms with van der Waals surface area (Å²) in [4.78, 5) is 56.7. The molecule has 2 N–H and O–H groups in total. The minimum absolute atomic E-state index is 0.00869. The molecule has 5 aliphatic rings. The molecule has 36 heavy (non-hydrogen) atoms. The smallest absolute Gasteiger partial charge is 0.238 e. The van der Waals surface area contributed by atoms with Crippen molar-refractivity contribution in [2.24, 2.45) is 35.5 Å². The van der Waals surface area contributed by atoms with Crippen molar-refractivity contribution in [3.63, 3.8) is 0 Å². The first-order valence-electron chi connectivity index (χ1n) is 12.3. The number of nitrogens with zero attached hydrogens (tertiary/aromatic N) is 2. The van der Waals surface area contributed by atoms with Crippen LogP contribution in [0.4, 0.5) is 11.4 Å². The van der Waals surface area contributed by atoms with Crippen LogP contribution in [0.2, 0.25) is 0 Å². The molecule has 0 spiro atoms. The summed E-state index contributed by atoms with van der Waals surface area (Å²) in [6.07, 6.45) is 4.67. The lowest BCUT2D eigenvalue weighted by atomic mass is 9.54. The fraction of sp³-hybridized carbons (Fsp3) is 0.357. The Bertz CT molecular complexity index is 1140. The van der Waals surface area contributed by atoms with Gasteiger partial charge in [0.2, 0.25) is 23.6 Å². The lowest BCUT2D eigenvalue weighted by Crippen LogP contribution is -2.50. The molecule has 3 fully saturated rings. The molecular weight excluding hydrogens is 460 g/mol. The van der Waals surface area contributed by atoms with Gasteiger partial charge in [0.05, 0.1) is 35.0 Å². The number of imide groups is 2. The minimum Gasteiger partial charge on any atom is -0.396 e. The SMILES string of the molecule is O=C1[C@@H]2C3C=CC([C@@H]2C(=O)N1c1ccc(CCO)cc1)[C@@H]1C(=O)N(c2ccc(CCO)cc2)C(=O)[C@@H]31. The number of hydrogen-bond donors (Lipinski definition) is 2. The van der Waals surface area contributed by atoms with Crippen molar-refractivity contribution in [3.8, 4) is 0 Å². The predicted molar refractivity (Wildman–Crippen MR) is 130 cm³/mol. The summed E-state index contributed by atoms with van der Waals surface area (Å²) in [7, 11) is 0. The summed E-state index contributed by atoms with van der Waals surface area (Å²) in [6.45, 7) is 0.0174. The van der Waals surface area contributed by atoms with Crippen LogP contribution < -0.4 is 9.80 Å². The number of allylic oxidation sites excluding steroid dienone is 2. The molecule has 2 aromatic carbocycles. The van der Waals surface area contributed by atoms with E-state index in [1.54, 1.807) is 48.5 Å². The highest BCUT2D eigenvalue weighted by Crippen LogP contribution is 2.58. The zero-order valence-corrected chi connectivity index (χ0v) is 19.5. The van der Waals surface area contributed by atoms with Gasteiger partial charge in [-0.2, -0.15) is 0 Å². The van der Waals surface area contributed by atoms with Gasteiger partial charge in [-0.1, -0.05) is 36.4 Å². The van der Waals surface area contributed by atoms with Crippen molar-refractivity contribution in [1.29, 1.82) is 0 Å². The van der Waals surface area contributed by atoms with E-state index >= 15 is 0 Å². The second kappa shape index (κ2) is 8.50. The molecule has 2 bridgehead atoms. The van der Waals surface area contributed by atoms with Gasteiger partial charge in [-0.15, -0.1) is 0 Å². The van der Waals surface area contributed by atoms with Crippen LogP contribution in [-0.2, 0) is 32.0 Å². The monoisotopic (exact) mass is 486 g/mol. The summed E-state index contributed by atoms with van der Waals surface area (Å²) in [5.74, 6) is -5.04. The first kappa shape index (κ1) is 22.8. The van der Waals surface area contributed by atoms with Gasteiger partial charge in [-0.05, 0) is 48.2 Å². The lowest BCUT2D eigenvalue weighted by molar-refractivity contribution is -0.137. The number of carbonyl (C=O) groups excluding carboxylic acids is 4. The van der Waals surface area contributed by atoms with Gasteiger partial charge < -0.3 is 10.2 Å². The maximum Gasteiger partial charge on any atom is 0.238 e. The molecule has 2 aromatic rings. The molecule has 2 heterocycles.